The van der Waals surface area contributed by atoms with Crippen molar-refractivity contribution in [3.63, 3.8) is 0 Å². The summed E-state index contributed by atoms with van der Waals surface area (Å²) in [4.78, 5) is 11.4. The fourth-order valence-electron chi connectivity index (χ4n) is 3.21. The highest BCUT2D eigenvalue weighted by Crippen LogP contribution is 2.29. The van der Waals surface area contributed by atoms with Gasteiger partial charge in [-0.3, -0.25) is 4.79 Å². The number of hydrogen-bond donors (Lipinski definition) is 7. The third-order valence-electron chi connectivity index (χ3n) is 4.64. The number of carbonyl (C=O) groups is 1. The zero-order valence-corrected chi connectivity index (χ0v) is 14.5. The summed E-state index contributed by atoms with van der Waals surface area (Å²) in [5, 5.41) is 61.4. The first-order valence-corrected chi connectivity index (χ1v) is 8.38. The highest BCUT2D eigenvalue weighted by molar-refractivity contribution is 5.73. The van der Waals surface area contributed by atoms with Crippen LogP contribution in [0, 0.1) is 0 Å². The van der Waals surface area contributed by atoms with Gasteiger partial charge in [-0.2, -0.15) is 0 Å². The van der Waals surface area contributed by atoms with Gasteiger partial charge in [-0.25, -0.2) is 0 Å². The molecular weight excluding hydrogens is 354 g/mol. The molecule has 152 valence electrons. The van der Waals surface area contributed by atoms with Crippen LogP contribution in [0.15, 0.2) is 0 Å². The van der Waals surface area contributed by atoms with Crippen LogP contribution in [-0.2, 0) is 19.0 Å². The van der Waals surface area contributed by atoms with Crippen molar-refractivity contribution in [2.45, 2.75) is 75.0 Å². The molecule has 2 saturated heterocycles. The topological polar surface area (TPSA) is 178 Å². The summed E-state index contributed by atoms with van der Waals surface area (Å²) in [6.45, 7) is 1.64. The first-order valence-electron chi connectivity index (χ1n) is 8.38. The minimum atomic E-state index is -1.50. The molecule has 2 aliphatic rings. The number of rotatable bonds is 5. The number of carbonyl (C=O) groups excluding carboxylic acids is 1. The summed E-state index contributed by atoms with van der Waals surface area (Å²) in [5.41, 5.74) is 0. The first kappa shape index (κ1) is 21.4. The van der Waals surface area contributed by atoms with E-state index in [1.165, 1.54) is 6.92 Å². The Labute approximate surface area is 150 Å². The summed E-state index contributed by atoms with van der Waals surface area (Å²) in [5.74, 6) is -0.519. The van der Waals surface area contributed by atoms with E-state index < -0.39 is 80.3 Å². The Kier molecular flexibility index (Phi) is 7.30. The molecule has 11 heteroatoms. The van der Waals surface area contributed by atoms with Crippen LogP contribution in [0.25, 0.3) is 0 Å². The molecule has 0 aromatic heterocycles. The molecule has 0 radical (unpaired) electrons. The van der Waals surface area contributed by atoms with Crippen molar-refractivity contribution >= 4 is 5.91 Å². The molecule has 1 amide bonds. The standard InChI is InChI=1S/C15H27NO10/c1-5-14(13(23)11(21)7(3-17)24-5)26-15-9(16-6(2)19)12(22)10(20)8(4-18)25-15/h5,7-15,17-18,20-23H,3-4H2,1-2H3,(H,16,19)/t5-,7?,8?,9?,10-,11-,12?,13?,14?,15+/m1/s1. The van der Waals surface area contributed by atoms with Gasteiger partial charge in [0.05, 0.1) is 19.3 Å². The normalized spacial score (nSPS) is 46.8. The minimum Gasteiger partial charge on any atom is -0.394 e. The van der Waals surface area contributed by atoms with Crippen LogP contribution in [0.3, 0.4) is 0 Å². The molecule has 0 aliphatic carbocycles. The first-order chi connectivity index (χ1) is 12.2. The molecule has 0 saturated carbocycles. The highest BCUT2D eigenvalue weighted by Gasteiger charge is 2.50. The molecule has 0 bridgehead atoms. The van der Waals surface area contributed by atoms with Gasteiger partial charge in [0.1, 0.15) is 48.8 Å². The maximum absolute atomic E-state index is 11.4. The van der Waals surface area contributed by atoms with E-state index in [2.05, 4.69) is 5.32 Å². The van der Waals surface area contributed by atoms with E-state index in [0.29, 0.717) is 0 Å². The molecule has 0 aromatic carbocycles. The fraction of sp³-hybridized carbons (Fsp3) is 0.933. The zero-order chi connectivity index (χ0) is 19.6. The van der Waals surface area contributed by atoms with E-state index in [1.54, 1.807) is 6.92 Å². The number of amides is 1. The number of nitrogens with one attached hydrogen (secondary N) is 1. The Morgan fingerprint density at radius 3 is 2.04 bits per heavy atom. The van der Waals surface area contributed by atoms with E-state index in [-0.39, 0.29) is 0 Å². The fourth-order valence-corrected chi connectivity index (χ4v) is 3.21. The van der Waals surface area contributed by atoms with Crippen molar-refractivity contribution in [3.05, 3.63) is 0 Å². The van der Waals surface area contributed by atoms with Crippen LogP contribution in [0.2, 0.25) is 0 Å². The molecule has 2 heterocycles. The van der Waals surface area contributed by atoms with Gasteiger partial charge >= 0.3 is 0 Å². The van der Waals surface area contributed by atoms with E-state index in [1.807, 2.05) is 0 Å². The summed E-state index contributed by atoms with van der Waals surface area (Å²) in [7, 11) is 0. The van der Waals surface area contributed by atoms with Crippen LogP contribution >= 0.6 is 0 Å². The number of ether oxygens (including phenoxy) is 3. The van der Waals surface area contributed by atoms with Crippen LogP contribution in [0.4, 0.5) is 0 Å². The summed E-state index contributed by atoms with van der Waals surface area (Å²) < 4.78 is 16.5. The van der Waals surface area contributed by atoms with Gasteiger partial charge in [0.2, 0.25) is 5.91 Å². The monoisotopic (exact) mass is 381 g/mol. The van der Waals surface area contributed by atoms with Crippen LogP contribution in [0.5, 0.6) is 0 Å². The van der Waals surface area contributed by atoms with Crippen LogP contribution in [0.1, 0.15) is 13.8 Å². The second-order valence-electron chi connectivity index (χ2n) is 6.58. The average molecular weight is 381 g/mol. The van der Waals surface area contributed by atoms with Crippen molar-refractivity contribution in [2.75, 3.05) is 13.2 Å². The molecule has 10 atom stereocenters. The lowest BCUT2D eigenvalue weighted by Crippen LogP contribution is -2.67. The van der Waals surface area contributed by atoms with Crippen molar-refractivity contribution in [1.82, 2.24) is 5.32 Å². The Morgan fingerprint density at radius 2 is 1.50 bits per heavy atom. The predicted octanol–water partition coefficient (Wildman–Crippen LogP) is -4.18. The SMILES string of the molecule is CC(=O)NC1C(O)[C@H](O)C(CO)O[C@H]1OC1C(O)[C@H](O)C(CO)O[C@@H]1C. The van der Waals surface area contributed by atoms with Gasteiger partial charge < -0.3 is 50.2 Å². The van der Waals surface area contributed by atoms with Gasteiger partial charge in [0.25, 0.3) is 0 Å². The lowest BCUT2D eigenvalue weighted by atomic mass is 9.94. The van der Waals surface area contributed by atoms with Crippen molar-refractivity contribution in [3.8, 4) is 0 Å². The van der Waals surface area contributed by atoms with E-state index in [9.17, 15) is 35.4 Å². The molecule has 26 heavy (non-hydrogen) atoms. The van der Waals surface area contributed by atoms with Gasteiger partial charge in [-0.15, -0.1) is 0 Å². The summed E-state index contributed by atoms with van der Waals surface area (Å²) >= 11 is 0. The summed E-state index contributed by atoms with van der Waals surface area (Å²) in [6.07, 6.45) is -11.2. The molecule has 11 nitrogen and oxygen atoms in total. The lowest BCUT2D eigenvalue weighted by molar-refractivity contribution is -0.320. The second kappa shape index (κ2) is 8.87. The van der Waals surface area contributed by atoms with E-state index >= 15 is 0 Å². The van der Waals surface area contributed by atoms with Crippen LogP contribution in [-0.4, -0.2) is 111 Å². The summed E-state index contributed by atoms with van der Waals surface area (Å²) in [6, 6.07) is -1.18. The van der Waals surface area contributed by atoms with Crippen LogP contribution < -0.4 is 5.32 Å². The molecular formula is C15H27NO10. The van der Waals surface area contributed by atoms with E-state index in [0.717, 1.165) is 0 Å². The second-order valence-corrected chi connectivity index (χ2v) is 6.58. The largest absolute Gasteiger partial charge is 0.394 e. The smallest absolute Gasteiger partial charge is 0.217 e. The van der Waals surface area contributed by atoms with E-state index in [4.69, 9.17) is 14.2 Å². The minimum absolute atomic E-state index is 0.499. The third kappa shape index (κ3) is 4.32. The number of aliphatic hydroxyl groups is 6. The average Bonchev–Trinajstić information content (AvgIpc) is 2.60. The number of aliphatic hydroxyl groups excluding tert-OH is 6. The van der Waals surface area contributed by atoms with Crippen molar-refractivity contribution in [1.29, 1.82) is 0 Å². The maximum Gasteiger partial charge on any atom is 0.217 e. The molecule has 0 aromatic rings. The molecule has 2 rings (SSSR count). The molecule has 6 unspecified atom stereocenters. The maximum atomic E-state index is 11.4. The highest BCUT2D eigenvalue weighted by atomic mass is 16.7. The Morgan fingerprint density at radius 1 is 0.962 bits per heavy atom. The van der Waals surface area contributed by atoms with Gasteiger partial charge in [-0.05, 0) is 6.92 Å². The van der Waals surface area contributed by atoms with Crippen molar-refractivity contribution in [2.24, 2.45) is 0 Å². The van der Waals surface area contributed by atoms with Gasteiger partial charge in [0.15, 0.2) is 6.29 Å². The zero-order valence-electron chi connectivity index (χ0n) is 14.5. The Hall–Kier alpha value is -0.890. The Balaban J connectivity index is 2.18. The van der Waals surface area contributed by atoms with Crippen molar-refractivity contribution < 1.29 is 49.6 Å². The molecule has 2 aliphatic heterocycles. The number of hydrogen-bond acceptors (Lipinski definition) is 10. The predicted molar refractivity (Wildman–Crippen MR) is 83.7 cm³/mol. The van der Waals surface area contributed by atoms with Gasteiger partial charge in [0, 0.05) is 6.92 Å². The molecule has 2 fully saturated rings. The molecule has 0 spiro atoms. The third-order valence-corrected chi connectivity index (χ3v) is 4.64. The quantitative estimate of drug-likeness (QED) is 0.247. The molecule has 7 N–H and O–H groups in total. The van der Waals surface area contributed by atoms with Gasteiger partial charge in [-0.1, -0.05) is 0 Å². The Bertz CT molecular complexity index is 479. The lowest BCUT2D eigenvalue weighted by Gasteiger charge is -2.46.